The fourth-order valence-corrected chi connectivity index (χ4v) is 2.77. The molecule has 0 spiro atoms. The molecule has 3 nitrogen and oxygen atoms in total. The number of fused-ring (bicyclic) bond motifs is 1. The SMILES string of the molecule is CCOc1cccc(C(=O)C2CCc3cccnc32)c1. The minimum absolute atomic E-state index is 0.108. The maximum absolute atomic E-state index is 12.7. The van der Waals surface area contributed by atoms with Crippen molar-refractivity contribution in [1.82, 2.24) is 4.98 Å². The maximum Gasteiger partial charge on any atom is 0.172 e. The summed E-state index contributed by atoms with van der Waals surface area (Å²) in [7, 11) is 0. The van der Waals surface area contributed by atoms with Crippen LogP contribution in [0.1, 0.15) is 40.9 Å². The number of ketones is 1. The molecule has 102 valence electrons. The molecule has 0 saturated carbocycles. The Balaban J connectivity index is 1.89. The number of ether oxygens (including phenoxy) is 1. The van der Waals surface area contributed by atoms with Crippen LogP contribution >= 0.6 is 0 Å². The Bertz CT molecular complexity index is 636. The first-order chi connectivity index (χ1) is 9.79. The van der Waals surface area contributed by atoms with E-state index >= 15 is 0 Å². The standard InChI is InChI=1S/C17H17NO2/c1-2-20-14-7-3-5-13(11-14)17(19)15-9-8-12-6-4-10-18-16(12)15/h3-7,10-11,15H,2,8-9H2,1H3. The van der Waals surface area contributed by atoms with Crippen LogP contribution in [0.15, 0.2) is 42.6 Å². The van der Waals surface area contributed by atoms with Gasteiger partial charge in [0.1, 0.15) is 5.75 Å². The lowest BCUT2D eigenvalue weighted by molar-refractivity contribution is 0.0957. The number of rotatable bonds is 4. The highest BCUT2D eigenvalue weighted by molar-refractivity contribution is 6.01. The Morgan fingerprint density at radius 3 is 3.10 bits per heavy atom. The highest BCUT2D eigenvalue weighted by atomic mass is 16.5. The minimum Gasteiger partial charge on any atom is -0.494 e. The Hall–Kier alpha value is -2.16. The smallest absolute Gasteiger partial charge is 0.172 e. The molecule has 0 radical (unpaired) electrons. The zero-order valence-electron chi connectivity index (χ0n) is 11.5. The Labute approximate surface area is 118 Å². The second-order valence-corrected chi connectivity index (χ2v) is 4.96. The summed E-state index contributed by atoms with van der Waals surface area (Å²) in [5, 5.41) is 0. The van der Waals surface area contributed by atoms with Crippen molar-refractivity contribution < 1.29 is 9.53 Å². The van der Waals surface area contributed by atoms with Crippen LogP contribution in [0.2, 0.25) is 0 Å². The van der Waals surface area contributed by atoms with Crippen molar-refractivity contribution in [3.63, 3.8) is 0 Å². The van der Waals surface area contributed by atoms with Gasteiger partial charge < -0.3 is 4.74 Å². The summed E-state index contributed by atoms with van der Waals surface area (Å²) in [5.41, 5.74) is 2.85. The first-order valence-corrected chi connectivity index (χ1v) is 7.00. The number of aryl methyl sites for hydroxylation is 1. The van der Waals surface area contributed by atoms with E-state index in [1.54, 1.807) is 6.20 Å². The molecule has 1 aliphatic carbocycles. The van der Waals surface area contributed by atoms with E-state index in [-0.39, 0.29) is 11.7 Å². The molecule has 1 aliphatic rings. The number of hydrogen-bond acceptors (Lipinski definition) is 3. The van der Waals surface area contributed by atoms with Gasteiger partial charge in [-0.1, -0.05) is 18.2 Å². The van der Waals surface area contributed by atoms with Crippen molar-refractivity contribution >= 4 is 5.78 Å². The predicted octanol–water partition coefficient (Wildman–Crippen LogP) is 3.39. The normalized spacial score (nSPS) is 16.8. The Kier molecular flexibility index (Phi) is 3.50. The summed E-state index contributed by atoms with van der Waals surface area (Å²) in [6.07, 6.45) is 3.55. The molecule has 1 atom stereocenters. The zero-order chi connectivity index (χ0) is 13.9. The highest BCUT2D eigenvalue weighted by Gasteiger charge is 2.30. The van der Waals surface area contributed by atoms with Crippen LogP contribution in [0.4, 0.5) is 0 Å². The van der Waals surface area contributed by atoms with Crippen molar-refractivity contribution in [2.24, 2.45) is 0 Å². The van der Waals surface area contributed by atoms with E-state index in [0.29, 0.717) is 12.2 Å². The molecule has 0 aliphatic heterocycles. The van der Waals surface area contributed by atoms with E-state index in [4.69, 9.17) is 4.74 Å². The molecular formula is C17H17NO2. The number of aromatic nitrogens is 1. The molecule has 3 heteroatoms. The van der Waals surface area contributed by atoms with Gasteiger partial charge >= 0.3 is 0 Å². The predicted molar refractivity (Wildman–Crippen MR) is 77.2 cm³/mol. The monoisotopic (exact) mass is 267 g/mol. The van der Waals surface area contributed by atoms with Crippen molar-refractivity contribution in [1.29, 1.82) is 0 Å². The fraction of sp³-hybridized carbons (Fsp3) is 0.294. The molecule has 20 heavy (non-hydrogen) atoms. The first-order valence-electron chi connectivity index (χ1n) is 7.00. The van der Waals surface area contributed by atoms with Gasteiger partial charge in [-0.25, -0.2) is 0 Å². The van der Waals surface area contributed by atoms with Crippen LogP contribution in [0.3, 0.4) is 0 Å². The van der Waals surface area contributed by atoms with Gasteiger partial charge in [0.15, 0.2) is 5.78 Å². The lowest BCUT2D eigenvalue weighted by Crippen LogP contribution is -2.11. The van der Waals surface area contributed by atoms with E-state index in [1.165, 1.54) is 5.56 Å². The summed E-state index contributed by atoms with van der Waals surface area (Å²) in [6, 6.07) is 11.4. The number of carbonyl (C=O) groups is 1. The lowest BCUT2D eigenvalue weighted by atomic mass is 9.95. The van der Waals surface area contributed by atoms with Gasteiger partial charge in [-0.05, 0) is 43.5 Å². The summed E-state index contributed by atoms with van der Waals surface area (Å²) < 4.78 is 5.46. The van der Waals surface area contributed by atoms with Crippen molar-refractivity contribution in [3.8, 4) is 5.75 Å². The molecule has 1 aromatic heterocycles. The zero-order valence-corrected chi connectivity index (χ0v) is 11.5. The number of hydrogen-bond donors (Lipinski definition) is 0. The summed E-state index contributed by atoms with van der Waals surface area (Å²) in [4.78, 5) is 17.1. The Morgan fingerprint density at radius 1 is 1.35 bits per heavy atom. The van der Waals surface area contributed by atoms with Gasteiger partial charge in [-0.3, -0.25) is 9.78 Å². The van der Waals surface area contributed by atoms with E-state index in [0.717, 1.165) is 24.3 Å². The van der Waals surface area contributed by atoms with Gasteiger partial charge in [-0.15, -0.1) is 0 Å². The molecule has 2 aromatic rings. The average molecular weight is 267 g/mol. The average Bonchev–Trinajstić information content (AvgIpc) is 2.91. The van der Waals surface area contributed by atoms with Gasteiger partial charge in [0.05, 0.1) is 18.2 Å². The van der Waals surface area contributed by atoms with Crippen molar-refractivity contribution in [2.45, 2.75) is 25.7 Å². The third-order valence-corrected chi connectivity index (χ3v) is 3.70. The van der Waals surface area contributed by atoms with Gasteiger partial charge in [0, 0.05) is 11.8 Å². The van der Waals surface area contributed by atoms with Crippen LogP contribution in [0, 0.1) is 0 Å². The van der Waals surface area contributed by atoms with Crippen LogP contribution in [-0.4, -0.2) is 17.4 Å². The van der Waals surface area contributed by atoms with Crippen LogP contribution < -0.4 is 4.74 Å². The van der Waals surface area contributed by atoms with E-state index in [1.807, 2.05) is 37.3 Å². The second kappa shape index (κ2) is 5.45. The number of nitrogens with zero attached hydrogens (tertiary/aromatic N) is 1. The number of benzene rings is 1. The van der Waals surface area contributed by atoms with E-state index in [9.17, 15) is 4.79 Å². The fourth-order valence-electron chi connectivity index (χ4n) is 2.77. The summed E-state index contributed by atoms with van der Waals surface area (Å²) in [5.74, 6) is 0.782. The summed E-state index contributed by atoms with van der Waals surface area (Å²) in [6.45, 7) is 2.54. The molecule has 0 bridgehead atoms. The third-order valence-electron chi connectivity index (χ3n) is 3.70. The van der Waals surface area contributed by atoms with Crippen LogP contribution in [0.25, 0.3) is 0 Å². The van der Waals surface area contributed by atoms with Gasteiger partial charge in [0.25, 0.3) is 0 Å². The molecule has 1 unspecified atom stereocenters. The van der Waals surface area contributed by atoms with Crippen molar-refractivity contribution in [2.75, 3.05) is 6.61 Å². The first kappa shape index (κ1) is 12.9. The van der Waals surface area contributed by atoms with Crippen LogP contribution in [-0.2, 0) is 6.42 Å². The molecular weight excluding hydrogens is 250 g/mol. The van der Waals surface area contributed by atoms with Gasteiger partial charge in [0.2, 0.25) is 0 Å². The molecule has 3 rings (SSSR count). The summed E-state index contributed by atoms with van der Waals surface area (Å²) >= 11 is 0. The molecule has 0 N–H and O–H groups in total. The maximum atomic E-state index is 12.7. The molecule has 0 amide bonds. The minimum atomic E-state index is -0.108. The van der Waals surface area contributed by atoms with Crippen LogP contribution in [0.5, 0.6) is 5.75 Å². The highest BCUT2D eigenvalue weighted by Crippen LogP contribution is 2.34. The van der Waals surface area contributed by atoms with E-state index < -0.39 is 0 Å². The van der Waals surface area contributed by atoms with Crippen molar-refractivity contribution in [3.05, 3.63) is 59.4 Å². The van der Waals surface area contributed by atoms with Gasteiger partial charge in [-0.2, -0.15) is 0 Å². The largest absolute Gasteiger partial charge is 0.494 e. The Morgan fingerprint density at radius 2 is 2.25 bits per heavy atom. The molecule has 1 aromatic carbocycles. The second-order valence-electron chi connectivity index (χ2n) is 4.96. The number of Topliss-reactive ketones (excluding diaryl/α,β-unsaturated/α-hetero) is 1. The quantitative estimate of drug-likeness (QED) is 0.797. The molecule has 0 fully saturated rings. The third kappa shape index (κ3) is 2.31. The number of carbonyl (C=O) groups excluding carboxylic acids is 1. The molecule has 1 heterocycles. The number of pyridine rings is 1. The topological polar surface area (TPSA) is 39.2 Å². The van der Waals surface area contributed by atoms with E-state index in [2.05, 4.69) is 11.1 Å². The lowest BCUT2D eigenvalue weighted by Gasteiger charge is -2.11. The molecule has 0 saturated heterocycles.